The zero-order chi connectivity index (χ0) is 16.1. The van der Waals surface area contributed by atoms with E-state index in [4.69, 9.17) is 0 Å². The number of Topliss-reactive ketones (excluding diaryl/α,β-unsaturated/α-hetero) is 1. The Kier molecular flexibility index (Phi) is 4.83. The van der Waals surface area contributed by atoms with Crippen LogP contribution in [0, 0.1) is 5.92 Å². The summed E-state index contributed by atoms with van der Waals surface area (Å²) in [6, 6.07) is 11.0. The smallest absolute Gasteiger partial charge is 0.239 e. The predicted octanol–water partition coefficient (Wildman–Crippen LogP) is 2.21. The molecule has 23 heavy (non-hydrogen) atoms. The van der Waals surface area contributed by atoms with Crippen LogP contribution in [-0.2, 0) is 4.79 Å². The van der Waals surface area contributed by atoms with E-state index in [0.29, 0.717) is 12.4 Å². The van der Waals surface area contributed by atoms with Crippen molar-refractivity contribution in [2.45, 2.75) is 12.8 Å². The largest absolute Gasteiger partial charge is 0.363 e. The second-order valence-corrected chi connectivity index (χ2v) is 5.71. The first-order valence-electron chi connectivity index (χ1n) is 7.74. The van der Waals surface area contributed by atoms with Crippen molar-refractivity contribution in [2.24, 2.45) is 5.92 Å². The molecule has 2 heterocycles. The molecule has 1 fully saturated rings. The van der Waals surface area contributed by atoms with E-state index in [1.165, 1.54) is 6.26 Å². The molecule has 3 rings (SSSR count). The Morgan fingerprint density at radius 3 is 2.57 bits per heavy atom. The van der Waals surface area contributed by atoms with Crippen LogP contribution >= 0.6 is 0 Å². The number of nitrogens with zero attached hydrogens (tertiary/aromatic N) is 2. The van der Waals surface area contributed by atoms with Crippen LogP contribution in [0.5, 0.6) is 0 Å². The molecule has 1 aliphatic rings. The van der Waals surface area contributed by atoms with Crippen LogP contribution in [0.15, 0.2) is 47.2 Å². The van der Waals surface area contributed by atoms with Gasteiger partial charge in [0.2, 0.25) is 5.91 Å². The SMILES string of the molecule is O=C(CN1CCC(C(=O)c2ccccc2)CC1)Nc1ccon1. The summed E-state index contributed by atoms with van der Waals surface area (Å²) < 4.78 is 4.67. The number of likely N-dealkylation sites (tertiary alicyclic amines) is 1. The van der Waals surface area contributed by atoms with Crippen molar-refractivity contribution in [1.82, 2.24) is 10.1 Å². The normalized spacial score (nSPS) is 16.2. The third-order valence-electron chi connectivity index (χ3n) is 4.09. The van der Waals surface area contributed by atoms with Gasteiger partial charge in [-0.25, -0.2) is 0 Å². The Morgan fingerprint density at radius 2 is 1.91 bits per heavy atom. The maximum Gasteiger partial charge on any atom is 0.239 e. The van der Waals surface area contributed by atoms with Crippen molar-refractivity contribution in [3.8, 4) is 0 Å². The van der Waals surface area contributed by atoms with E-state index in [1.54, 1.807) is 6.07 Å². The average Bonchev–Trinajstić information content (AvgIpc) is 3.08. The van der Waals surface area contributed by atoms with Crippen molar-refractivity contribution in [3.05, 3.63) is 48.2 Å². The average molecular weight is 313 g/mol. The fraction of sp³-hybridized carbons (Fsp3) is 0.353. The monoisotopic (exact) mass is 313 g/mol. The summed E-state index contributed by atoms with van der Waals surface area (Å²) in [4.78, 5) is 26.4. The summed E-state index contributed by atoms with van der Waals surface area (Å²) in [5.74, 6) is 0.556. The fourth-order valence-corrected chi connectivity index (χ4v) is 2.85. The van der Waals surface area contributed by atoms with Crippen LogP contribution in [0.4, 0.5) is 5.82 Å². The second kappa shape index (κ2) is 7.19. The van der Waals surface area contributed by atoms with Crippen LogP contribution < -0.4 is 5.32 Å². The molecule has 6 heteroatoms. The number of carbonyl (C=O) groups is 2. The van der Waals surface area contributed by atoms with Gasteiger partial charge >= 0.3 is 0 Å². The molecule has 0 bridgehead atoms. The van der Waals surface area contributed by atoms with Gasteiger partial charge in [0.25, 0.3) is 0 Å². The summed E-state index contributed by atoms with van der Waals surface area (Å²) in [6.45, 7) is 1.80. The Labute approximate surface area is 134 Å². The fourth-order valence-electron chi connectivity index (χ4n) is 2.85. The molecule has 1 saturated heterocycles. The first-order valence-corrected chi connectivity index (χ1v) is 7.74. The van der Waals surface area contributed by atoms with Crippen LogP contribution in [0.3, 0.4) is 0 Å². The van der Waals surface area contributed by atoms with Crippen molar-refractivity contribution >= 4 is 17.5 Å². The third-order valence-corrected chi connectivity index (χ3v) is 4.09. The van der Waals surface area contributed by atoms with Crippen molar-refractivity contribution in [1.29, 1.82) is 0 Å². The van der Waals surface area contributed by atoms with Crippen LogP contribution in [0.25, 0.3) is 0 Å². The van der Waals surface area contributed by atoms with Gasteiger partial charge in [-0.1, -0.05) is 35.5 Å². The summed E-state index contributed by atoms with van der Waals surface area (Å²) in [5.41, 5.74) is 0.773. The number of rotatable bonds is 5. The minimum atomic E-state index is -0.119. The minimum absolute atomic E-state index is 0.0484. The molecule has 0 aliphatic carbocycles. The van der Waals surface area contributed by atoms with E-state index in [2.05, 4.69) is 19.9 Å². The number of anilines is 1. The molecule has 1 N–H and O–H groups in total. The molecule has 0 atom stereocenters. The van der Waals surface area contributed by atoms with Gasteiger partial charge in [0.05, 0.1) is 6.54 Å². The summed E-state index contributed by atoms with van der Waals surface area (Å²) in [7, 11) is 0. The molecule has 1 amide bonds. The highest BCUT2D eigenvalue weighted by molar-refractivity contribution is 5.97. The van der Waals surface area contributed by atoms with Gasteiger partial charge in [0, 0.05) is 17.5 Å². The zero-order valence-corrected chi connectivity index (χ0v) is 12.8. The van der Waals surface area contributed by atoms with E-state index < -0.39 is 0 Å². The van der Waals surface area contributed by atoms with E-state index in [1.807, 2.05) is 30.3 Å². The summed E-state index contributed by atoms with van der Waals surface area (Å²) in [6.07, 6.45) is 2.98. The Hall–Kier alpha value is -2.47. The highest BCUT2D eigenvalue weighted by atomic mass is 16.5. The summed E-state index contributed by atoms with van der Waals surface area (Å²) in [5, 5.41) is 6.32. The molecule has 1 aromatic carbocycles. The van der Waals surface area contributed by atoms with Gasteiger partial charge in [-0.3, -0.25) is 14.5 Å². The highest BCUT2D eigenvalue weighted by Crippen LogP contribution is 2.21. The Bertz CT molecular complexity index is 647. The lowest BCUT2D eigenvalue weighted by molar-refractivity contribution is -0.117. The number of ketones is 1. The van der Waals surface area contributed by atoms with E-state index in [0.717, 1.165) is 31.5 Å². The zero-order valence-electron chi connectivity index (χ0n) is 12.8. The molecule has 1 aliphatic heterocycles. The van der Waals surface area contributed by atoms with Crippen LogP contribution in [0.2, 0.25) is 0 Å². The first-order chi connectivity index (χ1) is 11.2. The van der Waals surface area contributed by atoms with Crippen molar-refractivity contribution in [2.75, 3.05) is 25.0 Å². The van der Waals surface area contributed by atoms with E-state index in [-0.39, 0.29) is 17.6 Å². The first kappa shape index (κ1) is 15.4. The van der Waals surface area contributed by atoms with E-state index in [9.17, 15) is 9.59 Å². The van der Waals surface area contributed by atoms with Gasteiger partial charge in [-0.05, 0) is 25.9 Å². The molecular weight excluding hydrogens is 294 g/mol. The molecule has 0 unspecified atom stereocenters. The Balaban J connectivity index is 1.47. The molecule has 6 nitrogen and oxygen atoms in total. The number of carbonyl (C=O) groups excluding carboxylic acids is 2. The van der Waals surface area contributed by atoms with Gasteiger partial charge in [-0.2, -0.15) is 0 Å². The topological polar surface area (TPSA) is 75.4 Å². The minimum Gasteiger partial charge on any atom is -0.363 e. The molecular formula is C17H19N3O3. The maximum absolute atomic E-state index is 12.4. The standard InChI is InChI=1S/C17H19N3O3/c21-16(18-15-8-11-23-19-15)12-20-9-6-14(7-10-20)17(22)13-4-2-1-3-5-13/h1-5,8,11,14H,6-7,9-10,12H2,(H,18,19,21). The molecule has 2 aromatic rings. The van der Waals surface area contributed by atoms with Crippen LogP contribution in [-0.4, -0.2) is 41.4 Å². The van der Waals surface area contributed by atoms with Crippen LogP contribution in [0.1, 0.15) is 23.2 Å². The lowest BCUT2D eigenvalue weighted by atomic mass is 9.89. The lowest BCUT2D eigenvalue weighted by Crippen LogP contribution is -2.40. The molecule has 120 valence electrons. The molecule has 0 radical (unpaired) electrons. The number of hydrogen-bond acceptors (Lipinski definition) is 5. The predicted molar refractivity (Wildman–Crippen MR) is 85.1 cm³/mol. The quantitative estimate of drug-likeness (QED) is 0.857. The number of aromatic nitrogens is 1. The molecule has 1 aromatic heterocycles. The summed E-state index contributed by atoms with van der Waals surface area (Å²) >= 11 is 0. The number of nitrogens with one attached hydrogen (secondary N) is 1. The third kappa shape index (κ3) is 4.04. The van der Waals surface area contributed by atoms with Gasteiger partial charge < -0.3 is 9.84 Å². The second-order valence-electron chi connectivity index (χ2n) is 5.71. The number of benzene rings is 1. The van der Waals surface area contributed by atoms with Crippen molar-refractivity contribution < 1.29 is 14.1 Å². The lowest BCUT2D eigenvalue weighted by Gasteiger charge is -2.30. The number of hydrogen-bond donors (Lipinski definition) is 1. The Morgan fingerprint density at radius 1 is 1.17 bits per heavy atom. The maximum atomic E-state index is 12.4. The number of amides is 1. The van der Waals surface area contributed by atoms with Gasteiger partial charge in [0.15, 0.2) is 11.6 Å². The molecule has 0 saturated carbocycles. The van der Waals surface area contributed by atoms with E-state index >= 15 is 0 Å². The van der Waals surface area contributed by atoms with Crippen molar-refractivity contribution in [3.63, 3.8) is 0 Å². The molecule has 0 spiro atoms. The highest BCUT2D eigenvalue weighted by Gasteiger charge is 2.26. The van der Waals surface area contributed by atoms with Gasteiger partial charge in [0.1, 0.15) is 6.26 Å². The number of piperidine rings is 1. The van der Waals surface area contributed by atoms with Gasteiger partial charge in [-0.15, -0.1) is 0 Å².